The molecule has 0 amide bonds. The van der Waals surface area contributed by atoms with Crippen molar-refractivity contribution in [3.8, 4) is 16.9 Å². The first-order valence-electron chi connectivity index (χ1n) is 5.98. The minimum Gasteiger partial charge on any atom is -0.496 e. The van der Waals surface area contributed by atoms with Crippen LogP contribution in [-0.2, 0) is 6.18 Å². The van der Waals surface area contributed by atoms with Gasteiger partial charge in [0.05, 0.1) is 23.3 Å². The first-order valence-corrected chi connectivity index (χ1v) is 6.36. The van der Waals surface area contributed by atoms with E-state index < -0.39 is 22.6 Å². The van der Waals surface area contributed by atoms with E-state index in [2.05, 4.69) is 0 Å². The molecule has 0 aromatic heterocycles. The van der Waals surface area contributed by atoms with Crippen LogP contribution < -0.4 is 4.74 Å². The standard InChI is InChI=1S/C15H9ClF4O2/c1-22-13-5-4-12(17)9(7-21)14(13)8-2-3-11(16)10(6-8)15(18,19)20/h2-7H,1H3. The van der Waals surface area contributed by atoms with Crippen LogP contribution >= 0.6 is 11.6 Å². The topological polar surface area (TPSA) is 26.3 Å². The van der Waals surface area contributed by atoms with Gasteiger partial charge in [0.15, 0.2) is 6.29 Å². The third kappa shape index (κ3) is 2.92. The highest BCUT2D eigenvalue weighted by Crippen LogP contribution is 2.40. The molecule has 0 unspecified atom stereocenters. The molecule has 0 aliphatic heterocycles. The van der Waals surface area contributed by atoms with Crippen molar-refractivity contribution in [3.05, 3.63) is 52.3 Å². The number of hydrogen-bond donors (Lipinski definition) is 0. The minimum atomic E-state index is -4.67. The Balaban J connectivity index is 2.77. The highest BCUT2D eigenvalue weighted by atomic mass is 35.5. The molecule has 0 atom stereocenters. The molecule has 7 heteroatoms. The monoisotopic (exact) mass is 332 g/mol. The maximum Gasteiger partial charge on any atom is 0.417 e. The van der Waals surface area contributed by atoms with E-state index in [9.17, 15) is 22.4 Å². The highest BCUT2D eigenvalue weighted by Gasteiger charge is 2.33. The summed E-state index contributed by atoms with van der Waals surface area (Å²) in [6, 6.07) is 5.30. The molecule has 0 radical (unpaired) electrons. The fraction of sp³-hybridized carbons (Fsp3) is 0.133. The normalized spacial score (nSPS) is 11.4. The molecular formula is C15H9ClF4O2. The zero-order valence-electron chi connectivity index (χ0n) is 11.2. The van der Waals surface area contributed by atoms with Crippen molar-refractivity contribution < 1.29 is 27.1 Å². The van der Waals surface area contributed by atoms with E-state index in [4.69, 9.17) is 16.3 Å². The highest BCUT2D eigenvalue weighted by molar-refractivity contribution is 6.31. The van der Waals surface area contributed by atoms with Gasteiger partial charge in [-0.05, 0) is 29.8 Å². The third-order valence-electron chi connectivity index (χ3n) is 3.05. The Bertz CT molecular complexity index is 726. The van der Waals surface area contributed by atoms with Crippen LogP contribution in [0.2, 0.25) is 5.02 Å². The summed E-state index contributed by atoms with van der Waals surface area (Å²) in [4.78, 5) is 11.1. The van der Waals surface area contributed by atoms with E-state index >= 15 is 0 Å². The summed E-state index contributed by atoms with van der Waals surface area (Å²) in [5, 5.41) is -0.487. The fourth-order valence-electron chi connectivity index (χ4n) is 2.06. The van der Waals surface area contributed by atoms with Gasteiger partial charge in [-0.15, -0.1) is 0 Å². The van der Waals surface area contributed by atoms with Crippen molar-refractivity contribution in [2.24, 2.45) is 0 Å². The Morgan fingerprint density at radius 3 is 2.41 bits per heavy atom. The molecule has 2 aromatic rings. The summed E-state index contributed by atoms with van der Waals surface area (Å²) in [5.74, 6) is -0.770. The zero-order valence-corrected chi connectivity index (χ0v) is 11.9. The van der Waals surface area contributed by atoms with Crippen LogP contribution in [0.25, 0.3) is 11.1 Å². The van der Waals surface area contributed by atoms with Gasteiger partial charge in [0.25, 0.3) is 0 Å². The molecule has 0 bridgehead atoms. The van der Waals surface area contributed by atoms with Crippen LogP contribution in [0, 0.1) is 5.82 Å². The summed E-state index contributed by atoms with van der Waals surface area (Å²) < 4.78 is 57.5. The maximum absolute atomic E-state index is 13.7. The summed E-state index contributed by atoms with van der Waals surface area (Å²) in [7, 11) is 1.27. The SMILES string of the molecule is COc1ccc(F)c(C=O)c1-c1ccc(Cl)c(C(F)(F)F)c1. The lowest BCUT2D eigenvalue weighted by atomic mass is 9.97. The van der Waals surface area contributed by atoms with Crippen molar-refractivity contribution in [1.82, 2.24) is 0 Å². The van der Waals surface area contributed by atoms with Gasteiger partial charge in [0, 0.05) is 5.56 Å². The average Bonchev–Trinajstić information content (AvgIpc) is 2.46. The summed E-state index contributed by atoms with van der Waals surface area (Å²) in [6.07, 6.45) is -4.44. The first kappa shape index (κ1) is 16.3. The Morgan fingerprint density at radius 1 is 1.18 bits per heavy atom. The Hall–Kier alpha value is -2.08. The molecule has 0 N–H and O–H groups in total. The van der Waals surface area contributed by atoms with Crippen LogP contribution in [0.4, 0.5) is 17.6 Å². The molecule has 0 spiro atoms. The largest absolute Gasteiger partial charge is 0.496 e. The summed E-state index contributed by atoms with van der Waals surface area (Å²) in [6.45, 7) is 0. The smallest absolute Gasteiger partial charge is 0.417 e. The van der Waals surface area contributed by atoms with E-state index in [1.807, 2.05) is 0 Å². The van der Waals surface area contributed by atoms with E-state index in [0.717, 1.165) is 18.2 Å². The summed E-state index contributed by atoms with van der Waals surface area (Å²) in [5.41, 5.74) is -1.53. The van der Waals surface area contributed by atoms with Crippen LogP contribution in [0.1, 0.15) is 15.9 Å². The molecule has 116 valence electrons. The molecule has 0 saturated carbocycles. The van der Waals surface area contributed by atoms with Crippen LogP contribution in [-0.4, -0.2) is 13.4 Å². The van der Waals surface area contributed by atoms with E-state index in [1.165, 1.54) is 19.2 Å². The lowest BCUT2D eigenvalue weighted by Gasteiger charge is -2.15. The van der Waals surface area contributed by atoms with E-state index in [-0.39, 0.29) is 28.7 Å². The second-order valence-corrected chi connectivity index (χ2v) is 4.76. The van der Waals surface area contributed by atoms with Crippen molar-refractivity contribution in [1.29, 1.82) is 0 Å². The molecule has 2 nitrogen and oxygen atoms in total. The average molecular weight is 333 g/mol. The van der Waals surface area contributed by atoms with Crippen LogP contribution in [0.5, 0.6) is 5.75 Å². The predicted octanol–water partition coefficient (Wildman–Crippen LogP) is 4.99. The quantitative estimate of drug-likeness (QED) is 0.585. The van der Waals surface area contributed by atoms with Crippen LogP contribution in [0.15, 0.2) is 30.3 Å². The zero-order chi connectivity index (χ0) is 16.5. The number of hydrogen-bond acceptors (Lipinski definition) is 2. The van der Waals surface area contributed by atoms with Crippen LogP contribution in [0.3, 0.4) is 0 Å². The first-order chi connectivity index (χ1) is 10.3. The molecule has 0 aliphatic rings. The Labute approximate surface area is 128 Å². The second-order valence-electron chi connectivity index (χ2n) is 4.35. The lowest BCUT2D eigenvalue weighted by Crippen LogP contribution is -2.06. The molecule has 2 aromatic carbocycles. The predicted molar refractivity (Wildman–Crippen MR) is 73.8 cm³/mol. The lowest BCUT2D eigenvalue weighted by molar-refractivity contribution is -0.137. The Kier molecular flexibility index (Phi) is 4.42. The van der Waals surface area contributed by atoms with Gasteiger partial charge in [-0.25, -0.2) is 4.39 Å². The molecular weight excluding hydrogens is 324 g/mol. The van der Waals surface area contributed by atoms with Gasteiger partial charge in [0.2, 0.25) is 0 Å². The number of ether oxygens (including phenoxy) is 1. The number of carbonyl (C=O) groups is 1. The molecule has 0 heterocycles. The van der Waals surface area contributed by atoms with Gasteiger partial charge in [-0.3, -0.25) is 4.79 Å². The van der Waals surface area contributed by atoms with Crippen molar-refractivity contribution >= 4 is 17.9 Å². The number of alkyl halides is 3. The van der Waals surface area contributed by atoms with Gasteiger partial charge >= 0.3 is 6.18 Å². The second kappa shape index (κ2) is 5.96. The summed E-state index contributed by atoms with van der Waals surface area (Å²) >= 11 is 5.55. The van der Waals surface area contributed by atoms with Gasteiger partial charge in [-0.2, -0.15) is 13.2 Å². The molecule has 0 saturated heterocycles. The number of methoxy groups -OCH3 is 1. The molecule has 0 aliphatic carbocycles. The van der Waals surface area contributed by atoms with Crippen molar-refractivity contribution in [3.63, 3.8) is 0 Å². The molecule has 0 fully saturated rings. The number of benzene rings is 2. The minimum absolute atomic E-state index is 0.0184. The number of aldehydes is 1. The number of carbonyl (C=O) groups excluding carboxylic acids is 1. The number of halogens is 5. The molecule has 2 rings (SSSR count). The van der Waals surface area contributed by atoms with Gasteiger partial charge in [-0.1, -0.05) is 17.7 Å². The van der Waals surface area contributed by atoms with Gasteiger partial charge in [0.1, 0.15) is 11.6 Å². The third-order valence-corrected chi connectivity index (χ3v) is 3.38. The van der Waals surface area contributed by atoms with Crippen molar-refractivity contribution in [2.45, 2.75) is 6.18 Å². The maximum atomic E-state index is 13.7. The molecule has 22 heavy (non-hydrogen) atoms. The van der Waals surface area contributed by atoms with E-state index in [1.54, 1.807) is 0 Å². The van der Waals surface area contributed by atoms with E-state index in [0.29, 0.717) is 0 Å². The number of rotatable bonds is 3. The Morgan fingerprint density at radius 2 is 1.86 bits per heavy atom. The van der Waals surface area contributed by atoms with Crippen molar-refractivity contribution in [2.75, 3.05) is 7.11 Å². The fourth-order valence-corrected chi connectivity index (χ4v) is 2.28. The van der Waals surface area contributed by atoms with Gasteiger partial charge < -0.3 is 4.74 Å².